The lowest BCUT2D eigenvalue weighted by molar-refractivity contribution is -0.121. The molecule has 2 aliphatic heterocycles. The van der Waals surface area contributed by atoms with Crippen LogP contribution >= 0.6 is 12.2 Å². The molecule has 0 unspecified atom stereocenters. The van der Waals surface area contributed by atoms with Gasteiger partial charge in [-0.3, -0.25) is 9.69 Å². The Morgan fingerprint density at radius 2 is 1.95 bits per heavy atom. The van der Waals surface area contributed by atoms with Gasteiger partial charge in [-0.1, -0.05) is 6.07 Å². The minimum atomic E-state index is -0.106. The highest BCUT2D eigenvalue weighted by atomic mass is 32.1. The molecule has 19 heavy (non-hydrogen) atoms. The molecule has 2 aliphatic rings. The lowest BCUT2D eigenvalue weighted by Crippen LogP contribution is -2.26. The molecule has 3 rings (SSSR count). The molecule has 1 aromatic rings. The Hall–Kier alpha value is -2.08. The van der Waals surface area contributed by atoms with Crippen molar-refractivity contribution in [1.82, 2.24) is 9.80 Å². The molecule has 0 radical (unpaired) electrons. The van der Waals surface area contributed by atoms with Crippen LogP contribution in [0.25, 0.3) is 6.08 Å². The predicted octanol–water partition coefficient (Wildman–Crippen LogP) is 1.44. The largest absolute Gasteiger partial charge is 0.454 e. The van der Waals surface area contributed by atoms with E-state index in [0.29, 0.717) is 16.6 Å². The first-order chi connectivity index (χ1) is 9.08. The maximum Gasteiger partial charge on any atom is 0.276 e. The second-order valence-corrected chi connectivity index (χ2v) is 4.71. The average Bonchev–Trinajstić information content (AvgIpc) is 2.94. The van der Waals surface area contributed by atoms with Crippen LogP contribution in [0.5, 0.6) is 11.5 Å². The number of thiocarbonyl (C=S) groups is 1. The molecule has 0 bridgehead atoms. The van der Waals surface area contributed by atoms with E-state index in [9.17, 15) is 4.79 Å². The normalized spacial score (nSPS) is 19.8. The summed E-state index contributed by atoms with van der Waals surface area (Å²) in [6, 6.07) is 5.55. The maximum absolute atomic E-state index is 12.0. The number of carbonyl (C=O) groups excluding carboxylic acids is 1. The molecule has 2 heterocycles. The molecule has 1 fully saturated rings. The SMILES string of the molecule is CN1C(=O)/C(=C\c2ccc3c(c2)OCO3)N(C)C1=S. The van der Waals surface area contributed by atoms with Gasteiger partial charge in [0.2, 0.25) is 6.79 Å². The van der Waals surface area contributed by atoms with Crippen molar-refractivity contribution in [2.24, 2.45) is 0 Å². The monoisotopic (exact) mass is 276 g/mol. The van der Waals surface area contributed by atoms with Gasteiger partial charge in [-0.05, 0) is 36.0 Å². The number of hydrogen-bond donors (Lipinski definition) is 0. The number of likely N-dealkylation sites (N-methyl/N-ethyl adjacent to an activating group) is 2. The molecular formula is C13H12N2O3S. The number of rotatable bonds is 1. The molecule has 98 valence electrons. The van der Waals surface area contributed by atoms with E-state index < -0.39 is 0 Å². The quantitative estimate of drug-likeness (QED) is 0.573. The molecule has 1 aromatic carbocycles. The first kappa shape index (κ1) is 12.0. The lowest BCUT2D eigenvalue weighted by atomic mass is 10.1. The summed E-state index contributed by atoms with van der Waals surface area (Å²) in [6.45, 7) is 0.237. The van der Waals surface area contributed by atoms with Gasteiger partial charge in [0.05, 0.1) is 0 Å². The summed E-state index contributed by atoms with van der Waals surface area (Å²) in [5.41, 5.74) is 1.42. The zero-order valence-electron chi connectivity index (χ0n) is 10.5. The Bertz CT molecular complexity index is 612. The lowest BCUT2D eigenvalue weighted by Gasteiger charge is -2.11. The molecule has 1 amide bonds. The van der Waals surface area contributed by atoms with E-state index >= 15 is 0 Å². The fraction of sp³-hybridized carbons (Fsp3) is 0.231. The van der Waals surface area contributed by atoms with E-state index in [-0.39, 0.29) is 12.7 Å². The van der Waals surface area contributed by atoms with Crippen molar-refractivity contribution in [2.45, 2.75) is 0 Å². The van der Waals surface area contributed by atoms with Crippen LogP contribution in [0.1, 0.15) is 5.56 Å². The van der Waals surface area contributed by atoms with E-state index in [4.69, 9.17) is 21.7 Å². The number of amides is 1. The summed E-state index contributed by atoms with van der Waals surface area (Å²) in [6.07, 6.45) is 1.79. The van der Waals surface area contributed by atoms with Gasteiger partial charge >= 0.3 is 0 Å². The van der Waals surface area contributed by atoms with Gasteiger partial charge < -0.3 is 14.4 Å². The number of carbonyl (C=O) groups is 1. The summed E-state index contributed by atoms with van der Waals surface area (Å²) < 4.78 is 10.6. The number of nitrogens with zero attached hydrogens (tertiary/aromatic N) is 2. The van der Waals surface area contributed by atoms with Gasteiger partial charge in [0.15, 0.2) is 16.6 Å². The van der Waals surface area contributed by atoms with Crippen molar-refractivity contribution in [2.75, 3.05) is 20.9 Å². The van der Waals surface area contributed by atoms with Crippen LogP contribution in [0, 0.1) is 0 Å². The van der Waals surface area contributed by atoms with Gasteiger partial charge in [0.1, 0.15) is 5.70 Å². The van der Waals surface area contributed by atoms with Gasteiger partial charge in [-0.15, -0.1) is 0 Å². The Balaban J connectivity index is 1.98. The van der Waals surface area contributed by atoms with E-state index in [1.807, 2.05) is 18.2 Å². The van der Waals surface area contributed by atoms with Crippen LogP contribution in [-0.2, 0) is 4.79 Å². The summed E-state index contributed by atoms with van der Waals surface area (Å²) >= 11 is 5.16. The molecule has 0 aromatic heterocycles. The minimum absolute atomic E-state index is 0.106. The standard InChI is InChI=1S/C13H12N2O3S/c1-14-9(12(16)15(2)13(14)19)5-8-3-4-10-11(6-8)18-7-17-10/h3-6H,7H2,1-2H3/b9-5+. The molecule has 0 saturated carbocycles. The Morgan fingerprint density at radius 3 is 2.63 bits per heavy atom. The zero-order chi connectivity index (χ0) is 13.6. The third-order valence-corrected chi connectivity index (χ3v) is 3.71. The van der Waals surface area contributed by atoms with Gasteiger partial charge in [0.25, 0.3) is 5.91 Å². The Kier molecular flexibility index (Phi) is 2.67. The predicted molar refractivity (Wildman–Crippen MR) is 73.7 cm³/mol. The fourth-order valence-corrected chi connectivity index (χ4v) is 2.23. The van der Waals surface area contributed by atoms with Crippen molar-refractivity contribution in [3.63, 3.8) is 0 Å². The van der Waals surface area contributed by atoms with Gasteiger partial charge in [0, 0.05) is 14.1 Å². The minimum Gasteiger partial charge on any atom is -0.454 e. The summed E-state index contributed by atoms with van der Waals surface area (Å²) in [4.78, 5) is 15.2. The Morgan fingerprint density at radius 1 is 1.21 bits per heavy atom. The topological polar surface area (TPSA) is 42.0 Å². The third-order valence-electron chi connectivity index (χ3n) is 3.16. The van der Waals surface area contributed by atoms with Crippen LogP contribution in [0.3, 0.4) is 0 Å². The fourth-order valence-electron chi connectivity index (χ4n) is 2.05. The molecule has 0 aliphatic carbocycles. The van der Waals surface area contributed by atoms with E-state index in [2.05, 4.69) is 0 Å². The number of hydrogen-bond acceptors (Lipinski definition) is 4. The zero-order valence-corrected chi connectivity index (χ0v) is 11.4. The van der Waals surface area contributed by atoms with Crippen molar-refractivity contribution in [1.29, 1.82) is 0 Å². The molecule has 1 saturated heterocycles. The maximum atomic E-state index is 12.0. The molecule has 0 atom stereocenters. The third kappa shape index (κ3) is 1.84. The van der Waals surface area contributed by atoms with Crippen LogP contribution in [0.15, 0.2) is 23.9 Å². The van der Waals surface area contributed by atoms with E-state index in [1.165, 1.54) is 4.90 Å². The number of ether oxygens (including phenoxy) is 2. The van der Waals surface area contributed by atoms with Crippen molar-refractivity contribution >= 4 is 29.3 Å². The number of benzene rings is 1. The summed E-state index contributed by atoms with van der Waals surface area (Å²) in [7, 11) is 3.45. The summed E-state index contributed by atoms with van der Waals surface area (Å²) in [5, 5.41) is 0.497. The smallest absolute Gasteiger partial charge is 0.276 e. The first-order valence-corrected chi connectivity index (χ1v) is 6.16. The van der Waals surface area contributed by atoms with E-state index in [1.54, 1.807) is 25.1 Å². The highest BCUT2D eigenvalue weighted by molar-refractivity contribution is 7.80. The van der Waals surface area contributed by atoms with E-state index in [0.717, 1.165) is 11.3 Å². The molecular weight excluding hydrogens is 264 g/mol. The number of fused-ring (bicyclic) bond motifs is 1. The molecule has 6 heteroatoms. The van der Waals surface area contributed by atoms with Crippen molar-refractivity contribution in [3.05, 3.63) is 29.5 Å². The van der Waals surface area contributed by atoms with Gasteiger partial charge in [-0.25, -0.2) is 0 Å². The van der Waals surface area contributed by atoms with Crippen LogP contribution in [0.4, 0.5) is 0 Å². The highest BCUT2D eigenvalue weighted by Gasteiger charge is 2.32. The van der Waals surface area contributed by atoms with Gasteiger partial charge in [-0.2, -0.15) is 0 Å². The second kappa shape index (κ2) is 4.24. The van der Waals surface area contributed by atoms with Crippen molar-refractivity contribution in [3.8, 4) is 11.5 Å². The first-order valence-electron chi connectivity index (χ1n) is 5.75. The molecule has 5 nitrogen and oxygen atoms in total. The summed E-state index contributed by atoms with van der Waals surface area (Å²) in [5.74, 6) is 1.31. The molecule has 0 spiro atoms. The van der Waals surface area contributed by atoms with Crippen LogP contribution in [0.2, 0.25) is 0 Å². The second-order valence-electron chi connectivity index (χ2n) is 4.35. The Labute approximate surface area is 116 Å². The van der Waals surface area contributed by atoms with Crippen LogP contribution in [-0.4, -0.2) is 41.7 Å². The van der Waals surface area contributed by atoms with Crippen LogP contribution < -0.4 is 9.47 Å². The molecule has 0 N–H and O–H groups in total. The van der Waals surface area contributed by atoms with Crippen molar-refractivity contribution < 1.29 is 14.3 Å². The highest BCUT2D eigenvalue weighted by Crippen LogP contribution is 2.33. The average molecular weight is 276 g/mol.